The smallest absolute Gasteiger partial charge is 0.410 e. The van der Waals surface area contributed by atoms with Crippen LogP contribution in [0, 0.1) is 5.82 Å². The topological polar surface area (TPSA) is 66.7 Å². The van der Waals surface area contributed by atoms with Gasteiger partial charge in [0.15, 0.2) is 0 Å². The molecule has 2 aliphatic heterocycles. The number of cyclic esters (lactones) is 1. The zero-order valence-electron chi connectivity index (χ0n) is 15.5. The van der Waals surface area contributed by atoms with Gasteiger partial charge in [-0.3, -0.25) is 4.57 Å². The Labute approximate surface area is 157 Å². The van der Waals surface area contributed by atoms with Gasteiger partial charge < -0.3 is 19.4 Å². The number of halogens is 1. The van der Waals surface area contributed by atoms with Crippen molar-refractivity contribution in [3.05, 3.63) is 30.1 Å². The molecule has 1 aromatic heterocycles. The third kappa shape index (κ3) is 3.29. The number of amides is 1. The van der Waals surface area contributed by atoms with Crippen LogP contribution in [0.15, 0.2) is 24.3 Å². The largest absolute Gasteiger partial charge is 0.448 e. The van der Waals surface area contributed by atoms with E-state index in [-0.39, 0.29) is 18.0 Å². The van der Waals surface area contributed by atoms with Crippen molar-refractivity contribution in [2.75, 3.05) is 43.1 Å². The van der Waals surface area contributed by atoms with Crippen LogP contribution in [0.3, 0.4) is 0 Å². The number of anilines is 3. The fourth-order valence-electron chi connectivity index (χ4n) is 3.78. The molecule has 1 amide bonds. The van der Waals surface area contributed by atoms with E-state index in [2.05, 4.69) is 15.1 Å². The van der Waals surface area contributed by atoms with E-state index < -0.39 is 0 Å². The van der Waals surface area contributed by atoms with Gasteiger partial charge in [-0.2, -0.15) is 0 Å². The van der Waals surface area contributed by atoms with Gasteiger partial charge in [0.05, 0.1) is 6.54 Å². The Bertz CT molecular complexity index is 816. The van der Waals surface area contributed by atoms with Crippen molar-refractivity contribution in [1.82, 2.24) is 19.7 Å². The lowest BCUT2D eigenvalue weighted by atomic mass is 10.0. The van der Waals surface area contributed by atoms with E-state index >= 15 is 0 Å². The van der Waals surface area contributed by atoms with Crippen molar-refractivity contribution in [1.29, 1.82) is 0 Å². The van der Waals surface area contributed by atoms with Gasteiger partial charge in [-0.15, -0.1) is 10.2 Å². The lowest BCUT2D eigenvalue weighted by molar-refractivity contribution is 0.142. The summed E-state index contributed by atoms with van der Waals surface area (Å²) in [5, 5.41) is 8.68. The van der Waals surface area contributed by atoms with E-state index in [1.165, 1.54) is 12.1 Å². The van der Waals surface area contributed by atoms with Gasteiger partial charge in [0, 0.05) is 38.9 Å². The van der Waals surface area contributed by atoms with Crippen molar-refractivity contribution >= 4 is 23.7 Å². The monoisotopic (exact) mass is 374 g/mol. The van der Waals surface area contributed by atoms with E-state index in [0.717, 1.165) is 37.6 Å². The Balaban J connectivity index is 1.45. The number of nitrogens with zero attached hydrogens (tertiary/aromatic N) is 6. The number of carbonyl (C=O) groups is 1. The number of piperidine rings is 1. The number of rotatable bonds is 4. The van der Waals surface area contributed by atoms with Crippen molar-refractivity contribution in [3.63, 3.8) is 0 Å². The molecular formula is C18H23FN6O2. The fourth-order valence-corrected chi connectivity index (χ4v) is 3.78. The van der Waals surface area contributed by atoms with Crippen molar-refractivity contribution in [2.24, 2.45) is 7.05 Å². The molecule has 8 nitrogen and oxygen atoms in total. The summed E-state index contributed by atoms with van der Waals surface area (Å²) in [5.74, 6) is 1.21. The van der Waals surface area contributed by atoms with E-state index in [4.69, 9.17) is 4.74 Å². The van der Waals surface area contributed by atoms with Gasteiger partial charge in [-0.05, 0) is 37.1 Å². The summed E-state index contributed by atoms with van der Waals surface area (Å²) in [5.41, 5.74) is 0.838. The second-order valence-corrected chi connectivity index (χ2v) is 6.92. The zero-order chi connectivity index (χ0) is 19.0. The molecule has 0 spiro atoms. The van der Waals surface area contributed by atoms with E-state index in [9.17, 15) is 9.18 Å². The van der Waals surface area contributed by atoms with Gasteiger partial charge in [-0.1, -0.05) is 0 Å². The number of benzene rings is 1. The van der Waals surface area contributed by atoms with Crippen LogP contribution >= 0.6 is 0 Å². The maximum atomic E-state index is 13.2. The Morgan fingerprint density at radius 2 is 1.85 bits per heavy atom. The lowest BCUT2D eigenvalue weighted by Crippen LogP contribution is -2.46. The maximum Gasteiger partial charge on any atom is 0.410 e. The molecule has 3 heterocycles. The molecule has 2 saturated heterocycles. The minimum atomic E-state index is -0.268. The summed E-state index contributed by atoms with van der Waals surface area (Å²) in [6.45, 7) is 2.78. The SMILES string of the molecule is CN(c1ccc(F)cc1)c1nnc(N2CCC(N3CCOC3=O)CC2)n1C. The van der Waals surface area contributed by atoms with Crippen molar-refractivity contribution in [2.45, 2.75) is 18.9 Å². The molecule has 0 bridgehead atoms. The van der Waals surface area contributed by atoms with Crippen LogP contribution in [0.4, 0.5) is 26.8 Å². The molecule has 27 heavy (non-hydrogen) atoms. The molecule has 2 aromatic rings. The van der Waals surface area contributed by atoms with Crippen LogP contribution in [-0.4, -0.2) is 65.1 Å². The number of hydrogen-bond donors (Lipinski definition) is 0. The third-order valence-electron chi connectivity index (χ3n) is 5.32. The maximum absolute atomic E-state index is 13.2. The van der Waals surface area contributed by atoms with E-state index in [1.807, 2.05) is 28.5 Å². The van der Waals surface area contributed by atoms with Crippen molar-refractivity contribution in [3.8, 4) is 0 Å². The summed E-state index contributed by atoms with van der Waals surface area (Å²) in [6.07, 6.45) is 1.56. The van der Waals surface area contributed by atoms with Gasteiger partial charge in [0.2, 0.25) is 11.9 Å². The molecule has 0 atom stereocenters. The minimum Gasteiger partial charge on any atom is -0.448 e. The molecular weight excluding hydrogens is 351 g/mol. The average Bonchev–Trinajstić information content (AvgIpc) is 3.28. The Kier molecular flexibility index (Phi) is 4.59. The summed E-state index contributed by atoms with van der Waals surface area (Å²) < 4.78 is 20.1. The van der Waals surface area contributed by atoms with E-state index in [1.54, 1.807) is 12.1 Å². The molecule has 2 aliphatic rings. The molecule has 2 fully saturated rings. The van der Waals surface area contributed by atoms with Gasteiger partial charge in [0.1, 0.15) is 12.4 Å². The third-order valence-corrected chi connectivity index (χ3v) is 5.32. The highest BCUT2D eigenvalue weighted by atomic mass is 19.1. The minimum absolute atomic E-state index is 0.199. The first kappa shape index (κ1) is 17.6. The number of carbonyl (C=O) groups excluding carboxylic acids is 1. The summed E-state index contributed by atoms with van der Waals surface area (Å²) in [7, 11) is 3.81. The van der Waals surface area contributed by atoms with Crippen LogP contribution in [0.1, 0.15) is 12.8 Å². The van der Waals surface area contributed by atoms with Crippen LogP contribution in [-0.2, 0) is 11.8 Å². The molecule has 0 saturated carbocycles. The highest BCUT2D eigenvalue weighted by Crippen LogP contribution is 2.27. The first-order chi connectivity index (χ1) is 13.0. The lowest BCUT2D eigenvalue weighted by Gasteiger charge is -2.35. The molecule has 4 rings (SSSR count). The van der Waals surface area contributed by atoms with Crippen molar-refractivity contribution < 1.29 is 13.9 Å². The van der Waals surface area contributed by atoms with E-state index in [0.29, 0.717) is 19.1 Å². The number of hydrogen-bond acceptors (Lipinski definition) is 6. The summed E-state index contributed by atoms with van der Waals surface area (Å²) in [4.78, 5) is 17.6. The highest BCUT2D eigenvalue weighted by Gasteiger charge is 2.33. The normalized spacial score (nSPS) is 18.1. The Morgan fingerprint density at radius 1 is 1.15 bits per heavy atom. The first-order valence-electron chi connectivity index (χ1n) is 9.11. The predicted molar refractivity (Wildman–Crippen MR) is 98.8 cm³/mol. The second-order valence-electron chi connectivity index (χ2n) is 6.92. The molecule has 0 radical (unpaired) electrons. The van der Waals surface area contributed by atoms with Crippen LogP contribution < -0.4 is 9.80 Å². The van der Waals surface area contributed by atoms with Gasteiger partial charge >= 0.3 is 6.09 Å². The standard InChI is InChI=1S/C18H23FN6O2/c1-22(14-5-3-13(19)4-6-14)16-20-21-17(23(16)2)24-9-7-15(8-10-24)25-11-12-27-18(25)26/h3-6,15H,7-12H2,1-2H3. The number of ether oxygens (including phenoxy) is 1. The molecule has 144 valence electrons. The molecule has 9 heteroatoms. The van der Waals surface area contributed by atoms with Crippen LogP contribution in [0.2, 0.25) is 0 Å². The summed E-state index contributed by atoms with van der Waals surface area (Å²) in [6, 6.07) is 6.51. The quantitative estimate of drug-likeness (QED) is 0.817. The second kappa shape index (κ2) is 7.05. The van der Waals surface area contributed by atoms with Crippen LogP contribution in [0.25, 0.3) is 0 Å². The Hall–Kier alpha value is -2.84. The number of aromatic nitrogens is 3. The highest BCUT2D eigenvalue weighted by molar-refractivity contribution is 5.69. The predicted octanol–water partition coefficient (Wildman–Crippen LogP) is 2.14. The first-order valence-corrected chi connectivity index (χ1v) is 9.11. The average molecular weight is 374 g/mol. The molecule has 1 aromatic carbocycles. The van der Waals surface area contributed by atoms with Gasteiger partial charge in [0.25, 0.3) is 0 Å². The fraction of sp³-hybridized carbons (Fsp3) is 0.500. The molecule has 0 aliphatic carbocycles. The zero-order valence-corrected chi connectivity index (χ0v) is 15.5. The Morgan fingerprint density at radius 3 is 2.48 bits per heavy atom. The molecule has 0 N–H and O–H groups in total. The van der Waals surface area contributed by atoms with Gasteiger partial charge in [-0.25, -0.2) is 9.18 Å². The molecule has 0 unspecified atom stereocenters. The van der Waals surface area contributed by atoms with Crippen LogP contribution in [0.5, 0.6) is 0 Å². The summed E-state index contributed by atoms with van der Waals surface area (Å²) >= 11 is 0.